The first-order valence-electron chi connectivity index (χ1n) is 7.60. The van der Waals surface area contributed by atoms with Crippen molar-refractivity contribution in [3.05, 3.63) is 64.5 Å². The molecule has 0 saturated carbocycles. The summed E-state index contributed by atoms with van der Waals surface area (Å²) in [6.45, 7) is 1.98. The van der Waals surface area contributed by atoms with Crippen LogP contribution in [-0.2, 0) is 0 Å². The zero-order valence-electron chi connectivity index (χ0n) is 13.5. The van der Waals surface area contributed by atoms with Gasteiger partial charge in [-0.15, -0.1) is 23.1 Å². The molecule has 3 aromatic rings. The largest absolute Gasteiger partial charge is 0.322 e. The van der Waals surface area contributed by atoms with Crippen molar-refractivity contribution >= 4 is 34.7 Å². The van der Waals surface area contributed by atoms with E-state index >= 15 is 0 Å². The molecule has 0 spiro atoms. The minimum atomic E-state index is -0.182. The Morgan fingerprint density at radius 1 is 1.24 bits per heavy atom. The normalized spacial score (nSPS) is 10.2. The Hall–Kier alpha value is -2.62. The van der Waals surface area contributed by atoms with Gasteiger partial charge in [0.05, 0.1) is 28.1 Å². The summed E-state index contributed by atoms with van der Waals surface area (Å²) in [4.78, 5) is 17.8. The minimum Gasteiger partial charge on any atom is -0.322 e. The van der Waals surface area contributed by atoms with Gasteiger partial charge < -0.3 is 5.32 Å². The lowest BCUT2D eigenvalue weighted by Gasteiger charge is -2.09. The predicted octanol–water partition coefficient (Wildman–Crippen LogP) is 4.99. The Bertz CT molecular complexity index is 926. The van der Waals surface area contributed by atoms with E-state index in [1.54, 1.807) is 17.4 Å². The quantitative estimate of drug-likeness (QED) is 0.647. The number of nitrogens with one attached hydrogen (secondary N) is 1. The molecule has 6 heteroatoms. The highest BCUT2D eigenvalue weighted by atomic mass is 32.2. The predicted molar refractivity (Wildman–Crippen MR) is 103 cm³/mol. The summed E-state index contributed by atoms with van der Waals surface area (Å²) in [7, 11) is 0. The summed E-state index contributed by atoms with van der Waals surface area (Å²) in [6.07, 6.45) is 0. The molecule has 0 unspecified atom stereocenters. The molecule has 25 heavy (non-hydrogen) atoms. The maximum Gasteiger partial charge on any atom is 0.256 e. The van der Waals surface area contributed by atoms with E-state index in [2.05, 4.69) is 16.4 Å². The Kier molecular flexibility index (Phi) is 5.49. The van der Waals surface area contributed by atoms with Crippen molar-refractivity contribution in [2.45, 2.75) is 11.8 Å². The van der Waals surface area contributed by atoms with Crippen LogP contribution >= 0.6 is 23.1 Å². The molecule has 0 bridgehead atoms. The molecule has 0 fully saturated rings. The Balaban J connectivity index is 1.74. The summed E-state index contributed by atoms with van der Waals surface area (Å²) in [5, 5.41) is 14.7. The zero-order chi connectivity index (χ0) is 17.6. The van der Waals surface area contributed by atoms with E-state index in [9.17, 15) is 4.79 Å². The molecule has 0 aliphatic heterocycles. The summed E-state index contributed by atoms with van der Waals surface area (Å²) < 4.78 is 0. The second-order valence-electron chi connectivity index (χ2n) is 5.23. The molecule has 1 heterocycles. The third-order valence-corrected chi connectivity index (χ3v) is 5.20. The first-order chi connectivity index (χ1) is 12.2. The highest BCUT2D eigenvalue weighted by molar-refractivity contribution is 7.99. The minimum absolute atomic E-state index is 0.182. The number of thioether (sulfide) groups is 1. The van der Waals surface area contributed by atoms with Gasteiger partial charge in [-0.25, -0.2) is 4.98 Å². The van der Waals surface area contributed by atoms with E-state index in [-0.39, 0.29) is 5.91 Å². The number of aromatic nitrogens is 1. The van der Waals surface area contributed by atoms with Crippen molar-refractivity contribution in [2.24, 2.45) is 0 Å². The van der Waals surface area contributed by atoms with Gasteiger partial charge in [-0.1, -0.05) is 24.3 Å². The molecule has 0 atom stereocenters. The molecule has 0 radical (unpaired) electrons. The second kappa shape index (κ2) is 7.97. The number of carbonyl (C=O) groups is 1. The number of thiazole rings is 1. The fourth-order valence-corrected chi connectivity index (χ4v) is 3.64. The highest BCUT2D eigenvalue weighted by Crippen LogP contribution is 2.25. The van der Waals surface area contributed by atoms with Gasteiger partial charge in [0.15, 0.2) is 0 Å². The van der Waals surface area contributed by atoms with E-state index in [0.717, 1.165) is 26.8 Å². The molecular formula is C19H15N3OS2. The maximum absolute atomic E-state index is 12.5. The number of aryl methyl sites for hydroxylation is 1. The number of rotatable bonds is 5. The third kappa shape index (κ3) is 4.27. The van der Waals surface area contributed by atoms with E-state index in [4.69, 9.17) is 5.26 Å². The molecule has 3 rings (SSSR count). The zero-order valence-corrected chi connectivity index (χ0v) is 15.2. The second-order valence-corrected chi connectivity index (χ2v) is 7.31. The molecule has 1 aromatic heterocycles. The van der Waals surface area contributed by atoms with E-state index in [0.29, 0.717) is 11.3 Å². The summed E-state index contributed by atoms with van der Waals surface area (Å²) in [5.74, 6) is 0.129. The number of anilines is 1. The first kappa shape index (κ1) is 17.2. The molecule has 4 nitrogen and oxygen atoms in total. The van der Waals surface area contributed by atoms with Gasteiger partial charge >= 0.3 is 0 Å². The fraction of sp³-hybridized carbons (Fsp3) is 0.105. The van der Waals surface area contributed by atoms with Crippen molar-refractivity contribution in [1.29, 1.82) is 5.26 Å². The van der Waals surface area contributed by atoms with E-state index in [1.165, 1.54) is 11.8 Å². The number of hydrogen-bond acceptors (Lipinski definition) is 5. The molecule has 0 aliphatic rings. The van der Waals surface area contributed by atoms with E-state index in [1.807, 2.05) is 54.8 Å². The van der Waals surface area contributed by atoms with Crippen molar-refractivity contribution in [3.63, 3.8) is 0 Å². The van der Waals surface area contributed by atoms with Crippen LogP contribution in [0.1, 0.15) is 15.4 Å². The molecular weight excluding hydrogens is 350 g/mol. The molecule has 0 saturated heterocycles. The highest BCUT2D eigenvalue weighted by Gasteiger charge is 2.12. The lowest BCUT2D eigenvalue weighted by Crippen LogP contribution is -2.12. The average molecular weight is 365 g/mol. The topological polar surface area (TPSA) is 65.8 Å². The number of nitriles is 1. The molecule has 1 amide bonds. The number of hydrogen-bond donors (Lipinski definition) is 1. The third-order valence-electron chi connectivity index (χ3n) is 3.48. The van der Waals surface area contributed by atoms with Gasteiger partial charge in [0.2, 0.25) is 0 Å². The van der Waals surface area contributed by atoms with E-state index < -0.39 is 0 Å². The summed E-state index contributed by atoms with van der Waals surface area (Å²) in [5.41, 5.74) is 3.26. The van der Waals surface area contributed by atoms with Gasteiger partial charge in [-0.3, -0.25) is 4.79 Å². The lowest BCUT2D eigenvalue weighted by atomic mass is 10.1. The van der Waals surface area contributed by atoms with Crippen LogP contribution in [-0.4, -0.2) is 16.6 Å². The summed E-state index contributed by atoms with van der Waals surface area (Å²) in [6, 6.07) is 17.0. The summed E-state index contributed by atoms with van der Waals surface area (Å²) >= 11 is 2.97. The molecule has 1 N–H and O–H groups in total. The van der Waals surface area contributed by atoms with Gasteiger partial charge in [0.1, 0.15) is 0 Å². The van der Waals surface area contributed by atoms with Crippen LogP contribution in [0.3, 0.4) is 0 Å². The average Bonchev–Trinajstić information content (AvgIpc) is 3.07. The maximum atomic E-state index is 12.5. The smallest absolute Gasteiger partial charge is 0.256 e. The molecule has 2 aromatic carbocycles. The van der Waals surface area contributed by atoms with Crippen LogP contribution < -0.4 is 5.32 Å². The monoisotopic (exact) mass is 365 g/mol. The number of carbonyl (C=O) groups excluding carboxylic acids is 1. The molecule has 124 valence electrons. The first-order valence-corrected chi connectivity index (χ1v) is 9.46. The number of amides is 1. The Morgan fingerprint density at radius 3 is 2.68 bits per heavy atom. The lowest BCUT2D eigenvalue weighted by molar-refractivity contribution is 0.102. The van der Waals surface area contributed by atoms with Crippen LogP contribution in [0.25, 0.3) is 11.3 Å². The Labute approximate surface area is 154 Å². The van der Waals surface area contributed by atoms with Crippen LogP contribution in [0.15, 0.2) is 58.8 Å². The van der Waals surface area contributed by atoms with Crippen molar-refractivity contribution < 1.29 is 4.79 Å². The van der Waals surface area contributed by atoms with Gasteiger partial charge in [0, 0.05) is 21.5 Å². The Morgan fingerprint density at radius 2 is 2.00 bits per heavy atom. The van der Waals surface area contributed by atoms with Crippen LogP contribution in [0, 0.1) is 18.3 Å². The van der Waals surface area contributed by atoms with Gasteiger partial charge in [-0.05, 0) is 31.2 Å². The standard InChI is InChI=1S/C19H15N3OS2/c1-13-21-17(12-25-13)14-6-8-15(9-7-14)22-19(23)16-4-2-3-5-18(16)24-11-10-20/h2-9,12H,11H2,1H3,(H,22,23). The van der Waals surface area contributed by atoms with Gasteiger partial charge in [-0.2, -0.15) is 5.26 Å². The number of benzene rings is 2. The van der Waals surface area contributed by atoms with Crippen LogP contribution in [0.2, 0.25) is 0 Å². The SMILES string of the molecule is Cc1nc(-c2ccc(NC(=O)c3ccccc3SCC#N)cc2)cs1. The molecule has 0 aliphatic carbocycles. The van der Waals surface area contributed by atoms with Crippen molar-refractivity contribution in [3.8, 4) is 17.3 Å². The number of nitrogens with zero attached hydrogens (tertiary/aromatic N) is 2. The van der Waals surface area contributed by atoms with Crippen LogP contribution in [0.5, 0.6) is 0 Å². The van der Waals surface area contributed by atoms with Crippen molar-refractivity contribution in [1.82, 2.24) is 4.98 Å². The van der Waals surface area contributed by atoms with Crippen LogP contribution in [0.4, 0.5) is 5.69 Å². The van der Waals surface area contributed by atoms with Crippen molar-refractivity contribution in [2.75, 3.05) is 11.1 Å². The van der Waals surface area contributed by atoms with Gasteiger partial charge in [0.25, 0.3) is 5.91 Å². The fourth-order valence-electron chi connectivity index (χ4n) is 2.31.